The van der Waals surface area contributed by atoms with Crippen molar-refractivity contribution in [2.24, 2.45) is 11.1 Å². The maximum Gasteiger partial charge on any atom is 0.333 e. The summed E-state index contributed by atoms with van der Waals surface area (Å²) in [5.74, 6) is 3.07. The summed E-state index contributed by atoms with van der Waals surface area (Å²) in [6, 6.07) is 3.78. The minimum atomic E-state index is -2.78. The first kappa shape index (κ1) is 20.5. The Labute approximate surface area is 155 Å². The lowest BCUT2D eigenvalue weighted by atomic mass is 9.76. The van der Waals surface area contributed by atoms with E-state index >= 15 is 0 Å². The molecule has 2 aromatic rings. The molecule has 27 heavy (non-hydrogen) atoms. The summed E-state index contributed by atoms with van der Waals surface area (Å²) in [5.41, 5.74) is 4.25. The Kier molecular flexibility index (Phi) is 5.66. The van der Waals surface area contributed by atoms with Crippen LogP contribution in [0.4, 0.5) is 13.2 Å². The van der Waals surface area contributed by atoms with E-state index in [0.29, 0.717) is 4.68 Å². The number of aromatic nitrogens is 2. The van der Waals surface area contributed by atoms with E-state index in [1.807, 2.05) is 20.8 Å². The second-order valence-corrected chi connectivity index (χ2v) is 7.45. The number of hydrogen-bond donors (Lipinski definition) is 2. The van der Waals surface area contributed by atoms with Gasteiger partial charge >= 0.3 is 12.5 Å². The number of nitrogens with zero attached hydrogens (tertiary/aromatic N) is 2. The van der Waals surface area contributed by atoms with Crippen LogP contribution in [0.3, 0.4) is 0 Å². The molecule has 0 radical (unpaired) electrons. The standard InChI is InChI=1S/C19H20F3N3O2/c1-18(2,3)11-19(23,16(26)27)14-7-6-13(15(20)8-14)5-4-12-9-24-25(10-12)17(21)22/h6-10,17H,11,23H2,1-3H3,(H,26,27). The van der Waals surface area contributed by atoms with E-state index in [1.165, 1.54) is 12.1 Å². The third kappa shape index (κ3) is 4.89. The molecular weight excluding hydrogens is 359 g/mol. The summed E-state index contributed by atoms with van der Waals surface area (Å²) in [6.07, 6.45) is 2.29. The Bertz CT molecular complexity index is 907. The van der Waals surface area contributed by atoms with Gasteiger partial charge in [0, 0.05) is 6.20 Å². The molecule has 0 spiro atoms. The Morgan fingerprint density at radius 2 is 2.00 bits per heavy atom. The van der Waals surface area contributed by atoms with Crippen LogP contribution in [-0.4, -0.2) is 20.9 Å². The van der Waals surface area contributed by atoms with Gasteiger partial charge in [0.1, 0.15) is 11.4 Å². The van der Waals surface area contributed by atoms with E-state index in [1.54, 1.807) is 0 Å². The molecule has 1 heterocycles. The van der Waals surface area contributed by atoms with Gasteiger partial charge in [-0.15, -0.1) is 0 Å². The Hall–Kier alpha value is -2.79. The molecule has 3 N–H and O–H groups in total. The fourth-order valence-corrected chi connectivity index (χ4v) is 2.68. The predicted molar refractivity (Wildman–Crippen MR) is 93.4 cm³/mol. The van der Waals surface area contributed by atoms with Crippen LogP contribution in [0.25, 0.3) is 0 Å². The number of alkyl halides is 2. The number of aliphatic carboxylic acids is 1. The van der Waals surface area contributed by atoms with Crippen molar-refractivity contribution in [2.75, 3.05) is 0 Å². The Balaban J connectivity index is 2.34. The van der Waals surface area contributed by atoms with Crippen molar-refractivity contribution in [1.29, 1.82) is 0 Å². The van der Waals surface area contributed by atoms with Gasteiger partial charge in [-0.25, -0.2) is 13.9 Å². The average Bonchev–Trinajstić information content (AvgIpc) is 3.01. The third-order valence-corrected chi connectivity index (χ3v) is 3.82. The van der Waals surface area contributed by atoms with E-state index in [-0.39, 0.29) is 23.1 Å². The lowest BCUT2D eigenvalue weighted by molar-refractivity contribution is -0.145. The van der Waals surface area contributed by atoms with Gasteiger partial charge in [0.2, 0.25) is 0 Å². The van der Waals surface area contributed by atoms with Gasteiger partial charge in [-0.1, -0.05) is 38.7 Å². The predicted octanol–water partition coefficient (Wildman–Crippen LogP) is 3.49. The summed E-state index contributed by atoms with van der Waals surface area (Å²) in [5, 5.41) is 13.0. The van der Waals surface area contributed by atoms with Gasteiger partial charge in [0.05, 0.1) is 17.3 Å². The Morgan fingerprint density at radius 3 is 2.48 bits per heavy atom. The van der Waals surface area contributed by atoms with Crippen molar-refractivity contribution in [3.8, 4) is 11.8 Å². The SMILES string of the molecule is CC(C)(C)CC(N)(C(=O)O)c1ccc(C#Cc2cnn(C(F)F)c2)c(F)c1. The van der Waals surface area contributed by atoms with E-state index in [2.05, 4.69) is 16.9 Å². The van der Waals surface area contributed by atoms with Crippen LogP contribution in [0, 0.1) is 23.1 Å². The van der Waals surface area contributed by atoms with Crippen LogP contribution in [0.5, 0.6) is 0 Å². The van der Waals surface area contributed by atoms with E-state index < -0.39 is 29.3 Å². The molecule has 1 aromatic carbocycles. The van der Waals surface area contributed by atoms with Gasteiger partial charge in [-0.2, -0.15) is 13.9 Å². The van der Waals surface area contributed by atoms with Gasteiger partial charge < -0.3 is 10.8 Å². The molecule has 8 heteroatoms. The van der Waals surface area contributed by atoms with Gasteiger partial charge in [0.25, 0.3) is 0 Å². The van der Waals surface area contributed by atoms with Crippen LogP contribution in [0.1, 0.15) is 50.4 Å². The molecule has 0 aliphatic carbocycles. The summed E-state index contributed by atoms with van der Waals surface area (Å²) < 4.78 is 39.8. The minimum Gasteiger partial charge on any atom is -0.480 e. The minimum absolute atomic E-state index is 0.00737. The van der Waals surface area contributed by atoms with Crippen molar-refractivity contribution in [3.63, 3.8) is 0 Å². The van der Waals surface area contributed by atoms with Crippen LogP contribution in [0.2, 0.25) is 0 Å². The van der Waals surface area contributed by atoms with Crippen LogP contribution < -0.4 is 5.73 Å². The number of hydrogen-bond acceptors (Lipinski definition) is 3. The summed E-state index contributed by atoms with van der Waals surface area (Å²) in [4.78, 5) is 11.7. The van der Waals surface area contributed by atoms with Crippen molar-refractivity contribution in [2.45, 2.75) is 39.3 Å². The first-order valence-corrected chi connectivity index (χ1v) is 8.09. The fourth-order valence-electron chi connectivity index (χ4n) is 2.68. The van der Waals surface area contributed by atoms with Crippen molar-refractivity contribution < 1.29 is 23.1 Å². The lowest BCUT2D eigenvalue weighted by Gasteiger charge is -2.32. The number of halogens is 3. The first-order chi connectivity index (χ1) is 12.4. The summed E-state index contributed by atoms with van der Waals surface area (Å²) in [6.45, 7) is 2.74. The number of benzene rings is 1. The van der Waals surface area contributed by atoms with Crippen molar-refractivity contribution in [1.82, 2.24) is 9.78 Å². The van der Waals surface area contributed by atoms with Crippen molar-refractivity contribution in [3.05, 3.63) is 53.1 Å². The molecule has 0 amide bonds. The number of carbonyl (C=O) groups is 1. The normalized spacial score (nSPS) is 13.8. The first-order valence-electron chi connectivity index (χ1n) is 8.09. The average molecular weight is 379 g/mol. The molecule has 5 nitrogen and oxygen atoms in total. The third-order valence-electron chi connectivity index (χ3n) is 3.82. The number of nitrogens with two attached hydrogens (primary N) is 1. The molecule has 0 saturated carbocycles. The van der Waals surface area contributed by atoms with Crippen LogP contribution in [-0.2, 0) is 10.3 Å². The van der Waals surface area contributed by atoms with Crippen LogP contribution in [0.15, 0.2) is 30.6 Å². The van der Waals surface area contributed by atoms with E-state index in [4.69, 9.17) is 5.73 Å². The maximum absolute atomic E-state index is 14.4. The molecule has 1 unspecified atom stereocenters. The maximum atomic E-state index is 14.4. The van der Waals surface area contributed by atoms with Gasteiger partial charge in [-0.3, -0.25) is 0 Å². The largest absolute Gasteiger partial charge is 0.480 e. The second-order valence-electron chi connectivity index (χ2n) is 7.45. The Morgan fingerprint density at radius 1 is 1.33 bits per heavy atom. The number of rotatable bonds is 4. The molecule has 0 fully saturated rings. The lowest BCUT2D eigenvalue weighted by Crippen LogP contribution is -2.47. The summed E-state index contributed by atoms with van der Waals surface area (Å²) >= 11 is 0. The highest BCUT2D eigenvalue weighted by atomic mass is 19.3. The molecule has 0 bridgehead atoms. The van der Waals surface area contributed by atoms with Gasteiger partial charge in [0.15, 0.2) is 0 Å². The van der Waals surface area contributed by atoms with Crippen LogP contribution >= 0.6 is 0 Å². The molecule has 0 aliphatic heterocycles. The zero-order chi connectivity index (χ0) is 20.4. The molecule has 0 saturated heterocycles. The number of carboxylic acid groups (broad SMARTS) is 1. The molecule has 0 aliphatic rings. The fraction of sp³-hybridized carbons (Fsp3) is 0.368. The zero-order valence-corrected chi connectivity index (χ0v) is 15.1. The van der Waals surface area contributed by atoms with E-state index in [0.717, 1.165) is 18.5 Å². The highest BCUT2D eigenvalue weighted by Gasteiger charge is 2.40. The number of carboxylic acids is 1. The van der Waals surface area contributed by atoms with Gasteiger partial charge in [-0.05, 0) is 29.5 Å². The molecule has 144 valence electrons. The second kappa shape index (κ2) is 7.45. The highest BCUT2D eigenvalue weighted by Crippen LogP contribution is 2.33. The molecule has 1 aromatic heterocycles. The molecular formula is C19H20F3N3O2. The summed E-state index contributed by atoms with van der Waals surface area (Å²) in [7, 11) is 0. The monoisotopic (exact) mass is 379 g/mol. The topological polar surface area (TPSA) is 81.1 Å². The molecule has 1 atom stereocenters. The quantitative estimate of drug-likeness (QED) is 0.797. The highest BCUT2D eigenvalue weighted by molar-refractivity contribution is 5.80. The van der Waals surface area contributed by atoms with E-state index in [9.17, 15) is 23.1 Å². The van der Waals surface area contributed by atoms with Crippen molar-refractivity contribution >= 4 is 5.97 Å². The zero-order valence-electron chi connectivity index (χ0n) is 15.1. The molecule has 2 rings (SSSR count). The smallest absolute Gasteiger partial charge is 0.333 e.